The second-order valence-electron chi connectivity index (χ2n) is 4.08. The lowest BCUT2D eigenvalue weighted by molar-refractivity contribution is -0.274. The van der Waals surface area contributed by atoms with E-state index in [0.717, 1.165) is 12.1 Å². The third-order valence-electron chi connectivity index (χ3n) is 2.68. The van der Waals surface area contributed by atoms with E-state index >= 15 is 0 Å². The lowest BCUT2D eigenvalue weighted by Crippen LogP contribution is -2.33. The van der Waals surface area contributed by atoms with Gasteiger partial charge in [0.15, 0.2) is 0 Å². The maximum Gasteiger partial charge on any atom is 0.573 e. The van der Waals surface area contributed by atoms with Gasteiger partial charge in [0, 0.05) is 12.8 Å². The molecule has 0 saturated heterocycles. The summed E-state index contributed by atoms with van der Waals surface area (Å²) < 4.78 is 64.5. The number of halogens is 5. The molecule has 1 aliphatic rings. The van der Waals surface area contributed by atoms with Gasteiger partial charge in [-0.2, -0.15) is 0 Å². The monoisotopic (exact) mass is 252 g/mol. The van der Waals surface area contributed by atoms with Crippen molar-refractivity contribution in [1.82, 2.24) is 0 Å². The number of hydrogen-bond donors (Lipinski definition) is 0. The summed E-state index contributed by atoms with van der Waals surface area (Å²) in [6.45, 7) is 0. The average Bonchev–Trinajstić information content (AvgIpc) is 2.12. The largest absolute Gasteiger partial charge is 0.573 e. The van der Waals surface area contributed by atoms with Gasteiger partial charge in [-0.25, -0.2) is 8.78 Å². The molecule has 2 rings (SSSR count). The Kier molecular flexibility index (Phi) is 2.75. The second kappa shape index (κ2) is 3.85. The van der Waals surface area contributed by atoms with Crippen molar-refractivity contribution in [2.75, 3.05) is 0 Å². The van der Waals surface area contributed by atoms with Gasteiger partial charge < -0.3 is 4.74 Å². The molecule has 0 heterocycles. The summed E-state index contributed by atoms with van der Waals surface area (Å²) in [6, 6.07) is 5.06. The number of hydrogen-bond acceptors (Lipinski definition) is 1. The zero-order valence-electron chi connectivity index (χ0n) is 8.60. The van der Waals surface area contributed by atoms with Gasteiger partial charge in [-0.05, 0) is 23.6 Å². The summed E-state index contributed by atoms with van der Waals surface area (Å²) in [5.74, 6) is -3.25. The van der Waals surface area contributed by atoms with Crippen LogP contribution in [0, 0.1) is 0 Å². The van der Waals surface area contributed by atoms with Gasteiger partial charge >= 0.3 is 6.36 Å². The first-order valence-corrected chi connectivity index (χ1v) is 4.99. The molecule has 0 radical (unpaired) electrons. The van der Waals surface area contributed by atoms with Crippen molar-refractivity contribution in [3.05, 3.63) is 29.8 Å². The minimum absolute atomic E-state index is 0.244. The van der Waals surface area contributed by atoms with Crippen LogP contribution in [0.3, 0.4) is 0 Å². The van der Waals surface area contributed by atoms with Gasteiger partial charge in [0.05, 0.1) is 0 Å². The van der Waals surface area contributed by atoms with Gasteiger partial charge in [-0.3, -0.25) is 0 Å². The van der Waals surface area contributed by atoms with Gasteiger partial charge in [0.25, 0.3) is 0 Å². The lowest BCUT2D eigenvalue weighted by atomic mass is 9.77. The molecule has 0 amide bonds. The Morgan fingerprint density at radius 1 is 1.06 bits per heavy atom. The number of ether oxygens (including phenoxy) is 1. The molecule has 1 nitrogen and oxygen atoms in total. The van der Waals surface area contributed by atoms with E-state index < -0.39 is 12.3 Å². The van der Waals surface area contributed by atoms with Crippen LogP contribution in [0.2, 0.25) is 0 Å². The van der Waals surface area contributed by atoms with E-state index in [9.17, 15) is 22.0 Å². The van der Waals surface area contributed by atoms with Gasteiger partial charge in [0.2, 0.25) is 5.92 Å². The van der Waals surface area contributed by atoms with Crippen LogP contribution in [-0.2, 0) is 0 Å². The summed E-state index contributed by atoms with van der Waals surface area (Å²) in [7, 11) is 0. The minimum Gasteiger partial charge on any atom is -0.406 e. The fourth-order valence-electron chi connectivity index (χ4n) is 1.84. The molecular formula is C11H9F5O. The fraction of sp³-hybridized carbons (Fsp3) is 0.455. The van der Waals surface area contributed by atoms with Crippen LogP contribution in [0.1, 0.15) is 24.3 Å². The Labute approximate surface area is 94.2 Å². The molecule has 0 N–H and O–H groups in total. The molecule has 0 aliphatic heterocycles. The summed E-state index contributed by atoms with van der Waals surface area (Å²) in [5.41, 5.74) is 0.616. The summed E-state index contributed by atoms with van der Waals surface area (Å²) >= 11 is 0. The smallest absolute Gasteiger partial charge is 0.406 e. The van der Waals surface area contributed by atoms with E-state index in [4.69, 9.17) is 0 Å². The number of rotatable bonds is 2. The summed E-state index contributed by atoms with van der Waals surface area (Å²) in [5, 5.41) is 0. The fourth-order valence-corrected chi connectivity index (χ4v) is 1.84. The number of benzene rings is 1. The summed E-state index contributed by atoms with van der Waals surface area (Å²) in [4.78, 5) is 0. The van der Waals surface area contributed by atoms with E-state index in [2.05, 4.69) is 4.74 Å². The first-order chi connectivity index (χ1) is 7.75. The third kappa shape index (κ3) is 3.08. The van der Waals surface area contributed by atoms with Crippen molar-refractivity contribution >= 4 is 0 Å². The Bertz CT molecular complexity index is 387. The molecule has 94 valence electrons. The Morgan fingerprint density at radius 2 is 1.59 bits per heavy atom. The third-order valence-corrected chi connectivity index (χ3v) is 2.68. The van der Waals surface area contributed by atoms with Gasteiger partial charge in [-0.1, -0.05) is 12.1 Å². The molecule has 0 aromatic heterocycles. The summed E-state index contributed by atoms with van der Waals surface area (Å²) in [6.07, 6.45) is -5.22. The molecule has 1 aromatic rings. The minimum atomic E-state index is -4.73. The SMILES string of the molecule is FC1(F)CC(c2ccc(OC(F)(F)F)cc2)C1. The van der Waals surface area contributed by atoms with Crippen molar-refractivity contribution in [3.8, 4) is 5.75 Å². The van der Waals surface area contributed by atoms with Crippen molar-refractivity contribution in [2.45, 2.75) is 31.0 Å². The zero-order valence-corrected chi connectivity index (χ0v) is 8.60. The van der Waals surface area contributed by atoms with Crippen LogP contribution in [-0.4, -0.2) is 12.3 Å². The van der Waals surface area contributed by atoms with Crippen molar-refractivity contribution < 1.29 is 26.7 Å². The van der Waals surface area contributed by atoms with Crippen molar-refractivity contribution in [2.24, 2.45) is 0 Å². The molecule has 0 bridgehead atoms. The lowest BCUT2D eigenvalue weighted by Gasteiger charge is -2.35. The Hall–Kier alpha value is -1.33. The van der Waals surface area contributed by atoms with Crippen LogP contribution in [0.4, 0.5) is 22.0 Å². The highest BCUT2D eigenvalue weighted by atomic mass is 19.4. The predicted molar refractivity (Wildman–Crippen MR) is 50.0 cm³/mol. The van der Waals surface area contributed by atoms with Crippen LogP contribution in [0.15, 0.2) is 24.3 Å². The Balaban J connectivity index is 2.00. The average molecular weight is 252 g/mol. The van der Waals surface area contributed by atoms with E-state index in [0.29, 0.717) is 5.56 Å². The van der Waals surface area contributed by atoms with Crippen LogP contribution < -0.4 is 4.74 Å². The molecule has 6 heteroatoms. The quantitative estimate of drug-likeness (QED) is 0.720. The van der Waals surface area contributed by atoms with Gasteiger partial charge in [0.1, 0.15) is 5.75 Å². The van der Waals surface area contributed by atoms with Crippen molar-refractivity contribution in [3.63, 3.8) is 0 Å². The molecule has 1 aliphatic carbocycles. The normalized spacial score (nSPS) is 19.8. The van der Waals surface area contributed by atoms with E-state index in [1.54, 1.807) is 0 Å². The second-order valence-corrected chi connectivity index (χ2v) is 4.08. The Morgan fingerprint density at radius 3 is 2.00 bits per heavy atom. The van der Waals surface area contributed by atoms with E-state index in [-0.39, 0.29) is 24.5 Å². The molecule has 1 saturated carbocycles. The van der Waals surface area contributed by atoms with Crippen LogP contribution in [0.5, 0.6) is 5.75 Å². The first-order valence-electron chi connectivity index (χ1n) is 4.99. The topological polar surface area (TPSA) is 9.23 Å². The maximum atomic E-state index is 12.6. The predicted octanol–water partition coefficient (Wildman–Crippen LogP) is 4.10. The first kappa shape index (κ1) is 12.1. The van der Waals surface area contributed by atoms with Crippen LogP contribution in [0.25, 0.3) is 0 Å². The highest BCUT2D eigenvalue weighted by Gasteiger charge is 2.45. The maximum absolute atomic E-state index is 12.6. The highest BCUT2D eigenvalue weighted by molar-refractivity contribution is 5.31. The molecule has 0 unspecified atom stereocenters. The van der Waals surface area contributed by atoms with E-state index in [1.165, 1.54) is 12.1 Å². The molecule has 1 aromatic carbocycles. The van der Waals surface area contributed by atoms with Crippen LogP contribution >= 0.6 is 0 Å². The number of alkyl halides is 5. The molecule has 0 atom stereocenters. The zero-order chi connectivity index (χ0) is 12.7. The molecule has 0 spiro atoms. The molecule has 1 fully saturated rings. The molecular weight excluding hydrogens is 243 g/mol. The van der Waals surface area contributed by atoms with Gasteiger partial charge in [-0.15, -0.1) is 13.2 Å². The standard InChI is InChI=1S/C11H9F5O/c12-10(13)5-8(6-10)7-1-3-9(4-2-7)17-11(14,15)16/h1-4,8H,5-6H2. The molecule has 17 heavy (non-hydrogen) atoms. The van der Waals surface area contributed by atoms with E-state index in [1.807, 2.05) is 0 Å². The van der Waals surface area contributed by atoms with Crippen molar-refractivity contribution in [1.29, 1.82) is 0 Å². The highest BCUT2D eigenvalue weighted by Crippen LogP contribution is 2.48.